The lowest BCUT2D eigenvalue weighted by Gasteiger charge is -2.18. The number of anilines is 1. The highest BCUT2D eigenvalue weighted by molar-refractivity contribution is 6.08. The summed E-state index contributed by atoms with van der Waals surface area (Å²) < 4.78 is 69.3. The average Bonchev–Trinajstić information content (AvgIpc) is 3.98. The molecule has 2 aromatic carbocycles. The van der Waals surface area contributed by atoms with Gasteiger partial charge in [0.25, 0.3) is 11.8 Å². The number of ether oxygens (including phenoxy) is 1. The summed E-state index contributed by atoms with van der Waals surface area (Å²) in [5.41, 5.74) is 4.07. The number of H-pyrrole nitrogens is 1. The summed E-state index contributed by atoms with van der Waals surface area (Å²) >= 11 is 0. The molecule has 0 unspecified atom stereocenters. The molecule has 270 valence electrons. The summed E-state index contributed by atoms with van der Waals surface area (Å²) in [4.78, 5) is 38.2. The number of aryl methyl sites for hydroxylation is 2. The number of methoxy groups -OCH3 is 1. The molecule has 9 rings (SSSR count). The van der Waals surface area contributed by atoms with Crippen molar-refractivity contribution >= 4 is 17.2 Å². The largest absolute Gasteiger partial charge is 0.496 e. The SMILES string of the molecule is COc1cccc2c1CC[C@@H]2Nc1cc(C(F)(F)F)cn2cc(-c3c4c(nc(CCc5ccc(F)cc5)c3-c3n[nH]c(=O)o3)[C@@H]3CCCN3C4=O)nc12. The Morgan fingerprint density at radius 1 is 1.02 bits per heavy atom. The number of aromatic amines is 1. The fourth-order valence-electron chi connectivity index (χ4n) is 8.10. The van der Waals surface area contributed by atoms with E-state index < -0.39 is 17.5 Å². The van der Waals surface area contributed by atoms with Crippen LogP contribution in [0.4, 0.5) is 23.2 Å². The Bertz CT molecular complexity index is 2490. The molecule has 3 aliphatic rings. The van der Waals surface area contributed by atoms with Crippen molar-refractivity contribution in [3.63, 3.8) is 0 Å². The molecule has 0 saturated carbocycles. The van der Waals surface area contributed by atoms with E-state index in [0.717, 1.165) is 35.4 Å². The quantitative estimate of drug-likeness (QED) is 0.159. The number of fused-ring (bicyclic) bond motifs is 5. The van der Waals surface area contributed by atoms with Crippen LogP contribution in [0.2, 0.25) is 0 Å². The normalized spacial score (nSPS) is 17.8. The Morgan fingerprint density at radius 3 is 2.60 bits per heavy atom. The minimum absolute atomic E-state index is 0.142. The molecule has 0 radical (unpaired) electrons. The van der Waals surface area contributed by atoms with Gasteiger partial charge in [0.2, 0.25) is 0 Å². The van der Waals surface area contributed by atoms with E-state index in [0.29, 0.717) is 49.4 Å². The van der Waals surface area contributed by atoms with E-state index in [2.05, 4.69) is 15.5 Å². The summed E-state index contributed by atoms with van der Waals surface area (Å²) in [6.07, 6.45) is 1.19. The van der Waals surface area contributed by atoms with Crippen molar-refractivity contribution in [2.45, 2.75) is 56.8 Å². The van der Waals surface area contributed by atoms with Gasteiger partial charge in [-0.3, -0.25) is 9.78 Å². The summed E-state index contributed by atoms with van der Waals surface area (Å²) in [7, 11) is 1.58. The van der Waals surface area contributed by atoms with E-state index in [9.17, 15) is 27.2 Å². The third-order valence-electron chi connectivity index (χ3n) is 10.5. The molecule has 2 aliphatic heterocycles. The molecule has 4 aromatic heterocycles. The van der Waals surface area contributed by atoms with E-state index in [1.165, 1.54) is 22.7 Å². The smallest absolute Gasteiger partial charge is 0.434 e. The van der Waals surface area contributed by atoms with Gasteiger partial charge >= 0.3 is 11.9 Å². The van der Waals surface area contributed by atoms with Crippen LogP contribution in [-0.2, 0) is 25.4 Å². The number of pyridine rings is 2. The topological polar surface area (TPSA) is 131 Å². The zero-order valence-corrected chi connectivity index (χ0v) is 28.3. The molecule has 2 atom stereocenters. The van der Waals surface area contributed by atoms with E-state index in [4.69, 9.17) is 19.1 Å². The van der Waals surface area contributed by atoms with Crippen molar-refractivity contribution in [2.24, 2.45) is 0 Å². The Morgan fingerprint density at radius 2 is 1.85 bits per heavy atom. The standard InChI is InChI=1S/C38H31F4N7O4/c1-52-29-6-2-4-22-23(29)12-14-24(22)43-26-16-20(38(40,41)42)17-48-18-27(45-34(26)48)30-31(35-46-47-37(51)53-35)25(13-9-19-7-10-21(39)11-8-19)44-33-28-5-3-15-49(28)36(50)32(30)33/h2,4,6-8,10-11,16-18,24,28,43H,3,5,9,12-15H2,1H3,(H,47,51)/t24-,28-/m0/s1. The first-order valence-corrected chi connectivity index (χ1v) is 17.3. The molecule has 0 spiro atoms. The number of nitrogens with zero attached hydrogens (tertiary/aromatic N) is 5. The van der Waals surface area contributed by atoms with E-state index in [1.54, 1.807) is 24.1 Å². The van der Waals surface area contributed by atoms with Crippen molar-refractivity contribution in [1.82, 2.24) is 29.5 Å². The van der Waals surface area contributed by atoms with Crippen LogP contribution in [0.1, 0.15) is 75.3 Å². The molecule has 11 nitrogen and oxygen atoms in total. The first-order valence-electron chi connectivity index (χ1n) is 17.3. The van der Waals surface area contributed by atoms with Crippen LogP contribution >= 0.6 is 0 Å². The van der Waals surface area contributed by atoms with Crippen molar-refractivity contribution < 1.29 is 31.5 Å². The number of halogens is 4. The first-order chi connectivity index (χ1) is 25.6. The van der Waals surface area contributed by atoms with Gasteiger partial charge in [-0.1, -0.05) is 24.3 Å². The number of hydrogen-bond donors (Lipinski definition) is 2. The van der Waals surface area contributed by atoms with Gasteiger partial charge in [0.15, 0.2) is 5.65 Å². The average molecular weight is 726 g/mol. The van der Waals surface area contributed by atoms with Gasteiger partial charge in [-0.15, -0.1) is 5.10 Å². The molecule has 53 heavy (non-hydrogen) atoms. The van der Waals surface area contributed by atoms with Gasteiger partial charge in [-0.05, 0) is 79.5 Å². The molecule has 1 saturated heterocycles. The van der Waals surface area contributed by atoms with Crippen LogP contribution in [0.5, 0.6) is 5.75 Å². The molecule has 2 N–H and O–H groups in total. The number of carbonyl (C=O) groups is 1. The number of nitrogens with one attached hydrogen (secondary N) is 2. The summed E-state index contributed by atoms with van der Waals surface area (Å²) in [5, 5.41) is 9.74. The predicted octanol–water partition coefficient (Wildman–Crippen LogP) is 7.08. The molecule has 1 amide bonds. The predicted molar refractivity (Wildman–Crippen MR) is 184 cm³/mol. The second-order valence-corrected chi connectivity index (χ2v) is 13.5. The molecular weight excluding hydrogens is 694 g/mol. The highest BCUT2D eigenvalue weighted by Crippen LogP contribution is 2.48. The molecule has 1 fully saturated rings. The van der Waals surface area contributed by atoms with Crippen LogP contribution in [0.15, 0.2) is 70.1 Å². The number of amides is 1. The van der Waals surface area contributed by atoms with Gasteiger partial charge in [-0.25, -0.2) is 19.3 Å². The zero-order chi connectivity index (χ0) is 36.6. The molecular formula is C38H31F4N7O4. The van der Waals surface area contributed by atoms with Crippen molar-refractivity contribution in [2.75, 3.05) is 19.0 Å². The van der Waals surface area contributed by atoms with Crippen LogP contribution in [0, 0.1) is 5.82 Å². The summed E-state index contributed by atoms with van der Waals surface area (Å²) in [6.45, 7) is 0.513. The monoisotopic (exact) mass is 725 g/mol. The van der Waals surface area contributed by atoms with Crippen molar-refractivity contribution in [1.29, 1.82) is 0 Å². The summed E-state index contributed by atoms with van der Waals surface area (Å²) in [6, 6.07) is 12.1. The maximum atomic E-state index is 14.4. The second kappa shape index (κ2) is 12.3. The van der Waals surface area contributed by atoms with Crippen molar-refractivity contribution in [3.8, 4) is 28.5 Å². The molecule has 6 aromatic rings. The minimum atomic E-state index is -4.68. The Kier molecular flexibility index (Phi) is 7.64. The van der Waals surface area contributed by atoms with E-state index >= 15 is 0 Å². The highest BCUT2D eigenvalue weighted by Gasteiger charge is 2.45. The van der Waals surface area contributed by atoms with Crippen LogP contribution in [0.3, 0.4) is 0 Å². The highest BCUT2D eigenvalue weighted by atomic mass is 19.4. The molecule has 15 heteroatoms. The summed E-state index contributed by atoms with van der Waals surface area (Å²) in [5.74, 6) is -0.938. The second-order valence-electron chi connectivity index (χ2n) is 13.5. The first kappa shape index (κ1) is 32.9. The van der Waals surface area contributed by atoms with Crippen LogP contribution < -0.4 is 15.8 Å². The Hall–Kier alpha value is -5.99. The van der Waals surface area contributed by atoms with Gasteiger partial charge in [0.1, 0.15) is 11.6 Å². The van der Waals surface area contributed by atoms with Crippen molar-refractivity contribution in [3.05, 3.63) is 116 Å². The van der Waals surface area contributed by atoms with Crippen LogP contribution in [0.25, 0.3) is 28.4 Å². The van der Waals surface area contributed by atoms with Gasteiger partial charge in [-0.2, -0.15) is 13.2 Å². The minimum Gasteiger partial charge on any atom is -0.496 e. The fourth-order valence-corrected chi connectivity index (χ4v) is 8.10. The van der Waals surface area contributed by atoms with Gasteiger partial charge in [0, 0.05) is 24.5 Å². The maximum absolute atomic E-state index is 14.4. The van der Waals surface area contributed by atoms with Gasteiger partial charge < -0.3 is 23.8 Å². The number of hydrogen-bond acceptors (Lipinski definition) is 8. The molecule has 0 bridgehead atoms. The third-order valence-corrected chi connectivity index (χ3v) is 10.5. The number of carbonyl (C=O) groups excluding carboxylic acids is 1. The van der Waals surface area contributed by atoms with E-state index in [1.807, 2.05) is 18.2 Å². The fraction of sp³-hybridized carbons (Fsp3) is 0.289. The van der Waals surface area contributed by atoms with Crippen LogP contribution in [-0.4, -0.2) is 49.0 Å². The number of rotatable bonds is 8. The number of alkyl halides is 3. The Balaban J connectivity index is 1.25. The number of imidazole rings is 1. The number of aromatic nitrogens is 5. The lowest BCUT2D eigenvalue weighted by Crippen LogP contribution is -2.23. The molecule has 6 heterocycles. The lowest BCUT2D eigenvalue weighted by molar-refractivity contribution is -0.137. The zero-order valence-electron chi connectivity index (χ0n) is 28.3. The maximum Gasteiger partial charge on any atom is 0.434 e. The Labute approximate surface area is 298 Å². The van der Waals surface area contributed by atoms with Gasteiger partial charge in [0.05, 0.1) is 58.7 Å². The lowest BCUT2D eigenvalue weighted by atomic mass is 9.92. The number of benzene rings is 2. The third kappa shape index (κ3) is 5.52. The molecule has 1 aliphatic carbocycles. The van der Waals surface area contributed by atoms with E-state index in [-0.39, 0.29) is 69.8 Å².